The molecule has 1 aromatic rings. The van der Waals surface area contributed by atoms with Gasteiger partial charge in [-0.15, -0.1) is 0 Å². The molecule has 96 valence electrons. The summed E-state index contributed by atoms with van der Waals surface area (Å²) >= 11 is 0. The van der Waals surface area contributed by atoms with Crippen LogP contribution in [0.1, 0.15) is 23.1 Å². The molecular weight excluding hydrogens is 240 g/mol. The fraction of sp³-hybridized carbons (Fsp3) is 0.267. The smallest absolute Gasteiger partial charge is 0.255 e. The van der Waals surface area contributed by atoms with Gasteiger partial charge in [-0.1, -0.05) is 0 Å². The molecule has 1 aromatic carbocycles. The van der Waals surface area contributed by atoms with Gasteiger partial charge in [0.2, 0.25) is 0 Å². The molecule has 0 aliphatic carbocycles. The summed E-state index contributed by atoms with van der Waals surface area (Å²) in [5.41, 5.74) is 4.88. The molecule has 0 radical (unpaired) electrons. The zero-order valence-electron chi connectivity index (χ0n) is 11.2. The fourth-order valence-electron chi connectivity index (χ4n) is 2.47. The number of carbonyl (C=O) groups is 2. The molecule has 0 N–H and O–H groups in total. The van der Waals surface area contributed by atoms with E-state index in [1.165, 1.54) is 11.1 Å². The van der Waals surface area contributed by atoms with Crippen molar-refractivity contribution < 1.29 is 9.59 Å². The zero-order chi connectivity index (χ0) is 13.7. The van der Waals surface area contributed by atoms with Gasteiger partial charge in [-0.25, -0.2) is 0 Å². The maximum Gasteiger partial charge on any atom is 0.255 e. The topological polar surface area (TPSA) is 49.7 Å². The number of hydrogen-bond donors (Lipinski definition) is 0. The SMILES string of the molecule is Cc1cc2c(cc1C)N(C)C1=NC(=O)CC(=O)C1=C2. The molecule has 0 aromatic heterocycles. The predicted octanol–water partition coefficient (Wildman–Crippen LogP) is 2.03. The van der Waals surface area contributed by atoms with Crippen molar-refractivity contribution in [1.29, 1.82) is 0 Å². The number of aliphatic imine (C=N–C) groups is 1. The van der Waals surface area contributed by atoms with Gasteiger partial charge in [-0.2, -0.15) is 4.99 Å². The van der Waals surface area contributed by atoms with E-state index in [0.29, 0.717) is 11.4 Å². The Morgan fingerprint density at radius 1 is 1.16 bits per heavy atom. The molecule has 2 heterocycles. The lowest BCUT2D eigenvalue weighted by atomic mass is 9.93. The zero-order valence-corrected chi connectivity index (χ0v) is 11.2. The van der Waals surface area contributed by atoms with E-state index in [2.05, 4.69) is 17.1 Å². The highest BCUT2D eigenvalue weighted by molar-refractivity contribution is 6.37. The second-order valence-corrected chi connectivity index (χ2v) is 5.04. The maximum atomic E-state index is 11.9. The van der Waals surface area contributed by atoms with Crippen LogP contribution in [0.2, 0.25) is 0 Å². The number of amidine groups is 1. The lowest BCUT2D eigenvalue weighted by molar-refractivity contribution is -0.124. The van der Waals surface area contributed by atoms with Gasteiger partial charge in [0.1, 0.15) is 5.84 Å². The first kappa shape index (κ1) is 11.8. The standard InChI is InChI=1S/C15H14N2O2/c1-8-4-10-6-11-13(18)7-14(19)16-15(11)17(3)12(10)5-9(8)2/h4-6H,7H2,1-3H3. The van der Waals surface area contributed by atoms with Crippen molar-refractivity contribution in [3.63, 3.8) is 0 Å². The minimum absolute atomic E-state index is 0.122. The normalized spacial score (nSPS) is 17.7. The van der Waals surface area contributed by atoms with Crippen LogP contribution in [0.25, 0.3) is 6.08 Å². The van der Waals surface area contributed by atoms with Gasteiger partial charge >= 0.3 is 0 Å². The van der Waals surface area contributed by atoms with Crippen LogP contribution in [-0.4, -0.2) is 24.6 Å². The lowest BCUT2D eigenvalue weighted by Crippen LogP contribution is -2.38. The summed E-state index contributed by atoms with van der Waals surface area (Å²) in [4.78, 5) is 29.2. The van der Waals surface area contributed by atoms with Crippen molar-refractivity contribution in [1.82, 2.24) is 0 Å². The summed E-state index contributed by atoms with van der Waals surface area (Å²) in [6.07, 6.45) is 1.72. The number of nitrogens with zero attached hydrogens (tertiary/aromatic N) is 2. The highest BCUT2D eigenvalue weighted by atomic mass is 16.2. The van der Waals surface area contributed by atoms with Crippen molar-refractivity contribution in [2.24, 2.45) is 4.99 Å². The van der Waals surface area contributed by atoms with Crippen LogP contribution in [0, 0.1) is 13.8 Å². The number of ketones is 1. The summed E-state index contributed by atoms with van der Waals surface area (Å²) in [5.74, 6) is -0.0426. The second-order valence-electron chi connectivity index (χ2n) is 5.04. The number of amides is 1. The first-order valence-corrected chi connectivity index (χ1v) is 6.19. The van der Waals surface area contributed by atoms with Gasteiger partial charge in [0.25, 0.3) is 5.91 Å². The molecule has 2 aliphatic heterocycles. The molecule has 4 nitrogen and oxygen atoms in total. The molecule has 0 saturated heterocycles. The molecule has 4 heteroatoms. The van der Waals surface area contributed by atoms with E-state index in [1.807, 2.05) is 31.9 Å². The molecule has 3 rings (SSSR count). The maximum absolute atomic E-state index is 11.9. The van der Waals surface area contributed by atoms with Crippen molar-refractivity contribution in [3.05, 3.63) is 34.4 Å². The minimum Gasteiger partial charge on any atom is -0.328 e. The molecule has 0 fully saturated rings. The largest absolute Gasteiger partial charge is 0.328 e. The Morgan fingerprint density at radius 2 is 1.84 bits per heavy atom. The van der Waals surface area contributed by atoms with Crippen molar-refractivity contribution in [3.8, 4) is 0 Å². The van der Waals surface area contributed by atoms with Gasteiger partial charge in [0.15, 0.2) is 5.78 Å². The van der Waals surface area contributed by atoms with Gasteiger partial charge in [-0.3, -0.25) is 9.59 Å². The predicted molar refractivity (Wildman–Crippen MR) is 74.4 cm³/mol. The molecule has 0 spiro atoms. The van der Waals surface area contributed by atoms with Crippen LogP contribution >= 0.6 is 0 Å². The molecule has 0 bridgehead atoms. The van der Waals surface area contributed by atoms with Gasteiger partial charge in [0, 0.05) is 12.7 Å². The Balaban J connectivity index is 2.26. The van der Waals surface area contributed by atoms with Crippen LogP contribution in [0.5, 0.6) is 0 Å². The Bertz CT molecular complexity index is 684. The Labute approximate surface area is 111 Å². The van der Waals surface area contributed by atoms with Crippen molar-refractivity contribution in [2.45, 2.75) is 20.3 Å². The van der Waals surface area contributed by atoms with Crippen molar-refractivity contribution >= 4 is 29.3 Å². The third-order valence-electron chi connectivity index (χ3n) is 3.71. The fourth-order valence-corrected chi connectivity index (χ4v) is 2.47. The monoisotopic (exact) mass is 254 g/mol. The summed E-state index contributed by atoms with van der Waals surface area (Å²) in [7, 11) is 1.84. The Morgan fingerprint density at radius 3 is 2.58 bits per heavy atom. The van der Waals surface area contributed by atoms with Crippen molar-refractivity contribution in [2.75, 3.05) is 11.9 Å². The number of fused-ring (bicyclic) bond motifs is 2. The minimum atomic E-state index is -0.365. The van der Waals surface area contributed by atoms with Crippen LogP contribution in [0.4, 0.5) is 5.69 Å². The van der Waals surface area contributed by atoms with E-state index in [4.69, 9.17) is 0 Å². The summed E-state index contributed by atoms with van der Waals surface area (Å²) in [6, 6.07) is 4.12. The average molecular weight is 254 g/mol. The number of carbonyl (C=O) groups excluding carboxylic acids is 2. The Kier molecular flexibility index (Phi) is 2.42. The summed E-state index contributed by atoms with van der Waals surface area (Å²) < 4.78 is 0. The third kappa shape index (κ3) is 1.71. The van der Waals surface area contributed by atoms with Crippen LogP contribution in [0.15, 0.2) is 22.7 Å². The van der Waals surface area contributed by atoms with E-state index in [1.54, 1.807) is 0 Å². The number of hydrogen-bond acceptors (Lipinski definition) is 3. The van der Waals surface area contributed by atoms with Gasteiger partial charge < -0.3 is 4.90 Å². The number of benzene rings is 1. The number of rotatable bonds is 0. The van der Waals surface area contributed by atoms with E-state index in [-0.39, 0.29) is 18.1 Å². The van der Waals surface area contributed by atoms with Gasteiger partial charge in [-0.05, 0) is 48.7 Å². The van der Waals surface area contributed by atoms with E-state index >= 15 is 0 Å². The highest BCUT2D eigenvalue weighted by Crippen LogP contribution is 2.33. The van der Waals surface area contributed by atoms with Crippen LogP contribution < -0.4 is 4.90 Å². The van der Waals surface area contributed by atoms with E-state index in [0.717, 1.165) is 11.3 Å². The molecule has 2 aliphatic rings. The quantitative estimate of drug-likeness (QED) is 0.666. The highest BCUT2D eigenvalue weighted by Gasteiger charge is 2.31. The lowest BCUT2D eigenvalue weighted by Gasteiger charge is -2.30. The number of aryl methyl sites for hydroxylation is 2. The average Bonchev–Trinajstić information content (AvgIpc) is 2.34. The van der Waals surface area contributed by atoms with Gasteiger partial charge in [0.05, 0.1) is 12.0 Å². The number of Topliss-reactive ketones (excluding diaryl/α,β-unsaturated/α-hetero) is 1. The molecule has 0 saturated carbocycles. The molecular formula is C15H14N2O2. The summed E-state index contributed by atoms with van der Waals surface area (Å²) in [6.45, 7) is 4.09. The first-order chi connectivity index (χ1) is 8.97. The van der Waals surface area contributed by atoms with Crippen LogP contribution in [0.3, 0.4) is 0 Å². The third-order valence-corrected chi connectivity index (χ3v) is 3.71. The second kappa shape index (κ2) is 3.88. The van der Waals surface area contributed by atoms with E-state index < -0.39 is 0 Å². The first-order valence-electron chi connectivity index (χ1n) is 6.19. The van der Waals surface area contributed by atoms with Crippen LogP contribution in [-0.2, 0) is 9.59 Å². The number of likely N-dealkylation sites (N-methyl/N-ethyl adjacent to an activating group) is 1. The molecule has 1 amide bonds. The molecule has 19 heavy (non-hydrogen) atoms. The summed E-state index contributed by atoms with van der Waals surface area (Å²) in [5, 5.41) is 0. The Hall–Kier alpha value is -2.23. The van der Waals surface area contributed by atoms with E-state index in [9.17, 15) is 9.59 Å². The molecule has 0 atom stereocenters. The molecule has 0 unspecified atom stereocenters. The number of anilines is 1.